The van der Waals surface area contributed by atoms with Crippen molar-refractivity contribution in [3.63, 3.8) is 0 Å². The molecule has 0 aliphatic heterocycles. The summed E-state index contributed by atoms with van der Waals surface area (Å²) in [6.07, 6.45) is 2.61. The van der Waals surface area contributed by atoms with Gasteiger partial charge in [-0.15, -0.1) is 0 Å². The fraction of sp³-hybridized carbons (Fsp3) is 0.292. The molecule has 1 N–H and O–H groups in total. The Bertz CT molecular complexity index is 1140. The number of benzene rings is 2. The predicted octanol–water partition coefficient (Wildman–Crippen LogP) is 3.21. The average molecular weight is 420 g/mol. The lowest BCUT2D eigenvalue weighted by atomic mass is 10.0. The van der Waals surface area contributed by atoms with Crippen molar-refractivity contribution in [3.05, 3.63) is 64.8 Å². The molecule has 1 aromatic heterocycles. The van der Waals surface area contributed by atoms with Crippen LogP contribution in [0.25, 0.3) is 10.9 Å². The lowest BCUT2D eigenvalue weighted by Crippen LogP contribution is -2.28. The first-order valence-electron chi connectivity index (χ1n) is 10.2. The van der Waals surface area contributed by atoms with Crippen molar-refractivity contribution in [2.75, 3.05) is 20.8 Å². The van der Waals surface area contributed by atoms with Gasteiger partial charge in [0.25, 0.3) is 5.91 Å². The summed E-state index contributed by atoms with van der Waals surface area (Å²) in [5.41, 5.74) is 4.03. The fourth-order valence-electron chi connectivity index (χ4n) is 3.89. The van der Waals surface area contributed by atoms with E-state index in [0.29, 0.717) is 17.1 Å². The summed E-state index contributed by atoms with van der Waals surface area (Å²) in [6.45, 7) is -0.0676. The van der Waals surface area contributed by atoms with Crippen LogP contribution >= 0.6 is 0 Å². The van der Waals surface area contributed by atoms with Gasteiger partial charge in [-0.3, -0.25) is 9.78 Å². The molecule has 0 saturated heterocycles. The number of pyridine rings is 1. The summed E-state index contributed by atoms with van der Waals surface area (Å²) in [4.78, 5) is 29.8. The Morgan fingerprint density at radius 3 is 2.65 bits per heavy atom. The third-order valence-electron chi connectivity index (χ3n) is 5.40. The molecule has 0 atom stereocenters. The molecule has 4 rings (SSSR count). The Kier molecular flexibility index (Phi) is 6.02. The summed E-state index contributed by atoms with van der Waals surface area (Å²) >= 11 is 0. The van der Waals surface area contributed by atoms with E-state index in [9.17, 15) is 9.59 Å². The predicted molar refractivity (Wildman–Crippen MR) is 115 cm³/mol. The highest BCUT2D eigenvalue weighted by atomic mass is 16.5. The Labute approximate surface area is 180 Å². The first kappa shape index (κ1) is 20.7. The van der Waals surface area contributed by atoms with Gasteiger partial charge >= 0.3 is 5.97 Å². The lowest BCUT2D eigenvalue weighted by molar-refractivity contribution is -0.124. The molecule has 1 amide bonds. The number of carbonyl (C=O) groups excluding carboxylic acids is 2. The van der Waals surface area contributed by atoms with Gasteiger partial charge < -0.3 is 19.5 Å². The van der Waals surface area contributed by atoms with Gasteiger partial charge in [0, 0.05) is 17.6 Å². The minimum atomic E-state index is -0.488. The average Bonchev–Trinajstić information content (AvgIpc) is 3.27. The van der Waals surface area contributed by atoms with E-state index in [2.05, 4.69) is 10.3 Å². The van der Waals surface area contributed by atoms with Gasteiger partial charge in [0.2, 0.25) is 0 Å². The van der Waals surface area contributed by atoms with Crippen LogP contribution < -0.4 is 14.8 Å². The largest absolute Gasteiger partial charge is 0.493 e. The molecular weight excluding hydrogens is 396 g/mol. The van der Waals surface area contributed by atoms with Crippen LogP contribution in [-0.2, 0) is 28.9 Å². The van der Waals surface area contributed by atoms with Gasteiger partial charge in [0.1, 0.15) is 0 Å². The van der Waals surface area contributed by atoms with Gasteiger partial charge in [0.05, 0.1) is 25.3 Å². The maximum atomic E-state index is 12.9. The molecule has 0 saturated carbocycles. The molecule has 7 heteroatoms. The lowest BCUT2D eigenvalue weighted by Gasteiger charge is -2.13. The standard InChI is InChI=1S/C24H24N2O5/c1-29-20-11-10-15(12-21(20)30-2)13-25-22(27)14-31-24(28)23-16-6-3-4-8-18(16)26-19-9-5-7-17(19)23/h3-4,6,8,10-12H,5,7,9,13-14H2,1-2H3,(H,25,27). The summed E-state index contributed by atoms with van der Waals surface area (Å²) in [6, 6.07) is 12.9. The number of methoxy groups -OCH3 is 2. The number of aryl methyl sites for hydroxylation is 1. The van der Waals surface area contributed by atoms with Crippen LogP contribution in [0.3, 0.4) is 0 Å². The molecule has 160 valence electrons. The number of hydrogen-bond acceptors (Lipinski definition) is 6. The first-order valence-corrected chi connectivity index (χ1v) is 10.2. The summed E-state index contributed by atoms with van der Waals surface area (Å²) in [5, 5.41) is 3.52. The molecule has 1 aliphatic rings. The van der Waals surface area contributed by atoms with Crippen LogP contribution in [0.2, 0.25) is 0 Å². The molecule has 0 unspecified atom stereocenters. The second-order valence-electron chi connectivity index (χ2n) is 7.32. The number of esters is 1. The first-order chi connectivity index (χ1) is 15.1. The van der Waals surface area contributed by atoms with E-state index in [0.717, 1.165) is 47.0 Å². The summed E-state index contributed by atoms with van der Waals surface area (Å²) in [7, 11) is 3.12. The molecule has 2 aromatic carbocycles. The van der Waals surface area contributed by atoms with Crippen LogP contribution in [0.4, 0.5) is 0 Å². The van der Waals surface area contributed by atoms with Crippen molar-refractivity contribution in [1.82, 2.24) is 10.3 Å². The maximum Gasteiger partial charge on any atom is 0.339 e. The van der Waals surface area contributed by atoms with Crippen molar-refractivity contribution in [1.29, 1.82) is 0 Å². The zero-order chi connectivity index (χ0) is 21.8. The molecule has 1 aliphatic carbocycles. The topological polar surface area (TPSA) is 86.8 Å². The van der Waals surface area contributed by atoms with E-state index in [4.69, 9.17) is 14.2 Å². The SMILES string of the molecule is COc1ccc(CNC(=O)COC(=O)c2c3c(nc4ccccc24)CCC3)cc1OC. The third-order valence-corrected chi connectivity index (χ3v) is 5.40. The molecule has 0 fully saturated rings. The number of aromatic nitrogens is 1. The monoisotopic (exact) mass is 420 g/mol. The van der Waals surface area contributed by atoms with Crippen LogP contribution in [0, 0.1) is 0 Å². The van der Waals surface area contributed by atoms with E-state index in [-0.39, 0.29) is 19.1 Å². The Hall–Kier alpha value is -3.61. The van der Waals surface area contributed by atoms with Crippen LogP contribution in [0.5, 0.6) is 11.5 Å². The van der Waals surface area contributed by atoms with E-state index < -0.39 is 5.97 Å². The van der Waals surface area contributed by atoms with Crippen LogP contribution in [-0.4, -0.2) is 37.7 Å². The number of para-hydroxylation sites is 1. The normalized spacial score (nSPS) is 12.3. The smallest absolute Gasteiger partial charge is 0.339 e. The second-order valence-corrected chi connectivity index (χ2v) is 7.32. The summed E-state index contributed by atoms with van der Waals surface area (Å²) < 4.78 is 15.9. The minimum absolute atomic E-state index is 0.282. The molecule has 3 aromatic rings. The van der Waals surface area contributed by atoms with Gasteiger partial charge in [0.15, 0.2) is 18.1 Å². The van der Waals surface area contributed by atoms with Crippen molar-refractivity contribution < 1.29 is 23.8 Å². The van der Waals surface area contributed by atoms with Gasteiger partial charge in [-0.2, -0.15) is 0 Å². The van der Waals surface area contributed by atoms with E-state index in [1.807, 2.05) is 30.3 Å². The minimum Gasteiger partial charge on any atom is -0.493 e. The third kappa shape index (κ3) is 4.30. The number of ether oxygens (including phenoxy) is 3. The number of nitrogens with zero attached hydrogens (tertiary/aromatic N) is 1. The number of carbonyl (C=O) groups is 2. The van der Waals surface area contributed by atoms with Gasteiger partial charge in [-0.25, -0.2) is 4.79 Å². The van der Waals surface area contributed by atoms with Crippen molar-refractivity contribution >= 4 is 22.8 Å². The quantitative estimate of drug-likeness (QED) is 0.591. The van der Waals surface area contributed by atoms with Crippen molar-refractivity contribution in [2.24, 2.45) is 0 Å². The highest BCUT2D eigenvalue weighted by Crippen LogP contribution is 2.30. The molecule has 0 bridgehead atoms. The number of fused-ring (bicyclic) bond motifs is 2. The Morgan fingerprint density at radius 2 is 1.84 bits per heavy atom. The number of rotatable bonds is 7. The number of hydrogen-bond donors (Lipinski definition) is 1. The van der Waals surface area contributed by atoms with Gasteiger partial charge in [-0.05, 0) is 48.6 Å². The molecular formula is C24H24N2O5. The molecule has 31 heavy (non-hydrogen) atoms. The van der Waals surface area contributed by atoms with Crippen LogP contribution in [0.15, 0.2) is 42.5 Å². The molecule has 0 radical (unpaired) electrons. The molecule has 1 heterocycles. The van der Waals surface area contributed by atoms with Crippen molar-refractivity contribution in [3.8, 4) is 11.5 Å². The maximum absolute atomic E-state index is 12.9. The van der Waals surface area contributed by atoms with Crippen LogP contribution in [0.1, 0.15) is 33.6 Å². The number of nitrogens with one attached hydrogen (secondary N) is 1. The fourth-order valence-corrected chi connectivity index (χ4v) is 3.89. The van der Waals surface area contributed by atoms with E-state index >= 15 is 0 Å². The van der Waals surface area contributed by atoms with E-state index in [1.165, 1.54) is 0 Å². The highest BCUT2D eigenvalue weighted by Gasteiger charge is 2.25. The molecule has 7 nitrogen and oxygen atoms in total. The van der Waals surface area contributed by atoms with Crippen molar-refractivity contribution in [2.45, 2.75) is 25.8 Å². The summed E-state index contributed by atoms with van der Waals surface area (Å²) in [5.74, 6) is 0.332. The Morgan fingerprint density at radius 1 is 1.03 bits per heavy atom. The van der Waals surface area contributed by atoms with Gasteiger partial charge in [-0.1, -0.05) is 24.3 Å². The van der Waals surface area contributed by atoms with E-state index in [1.54, 1.807) is 26.4 Å². The zero-order valence-electron chi connectivity index (χ0n) is 17.6. The zero-order valence-corrected chi connectivity index (χ0v) is 17.6. The Balaban J connectivity index is 1.41. The number of amides is 1. The second kappa shape index (κ2) is 9.04. The molecule has 0 spiro atoms. The highest BCUT2D eigenvalue weighted by molar-refractivity contribution is 6.05.